The van der Waals surface area contributed by atoms with Crippen LogP contribution in [-0.2, 0) is 6.42 Å². The number of benzene rings is 5. The maximum absolute atomic E-state index is 5.04. The molecular weight excluding hydrogens is 460 g/mol. The maximum Gasteiger partial charge on any atom is 0.0823 e. The molecule has 5 aromatic carbocycles. The van der Waals surface area contributed by atoms with Crippen molar-refractivity contribution in [1.29, 1.82) is 0 Å². The molecule has 38 heavy (non-hydrogen) atoms. The summed E-state index contributed by atoms with van der Waals surface area (Å²) in [5.41, 5.74) is 8.99. The van der Waals surface area contributed by atoms with Crippen LogP contribution < -0.4 is 0 Å². The highest BCUT2D eigenvalue weighted by Gasteiger charge is 2.25. The first-order valence-corrected chi connectivity index (χ1v) is 13.5. The Bertz CT molecular complexity index is 2180. The van der Waals surface area contributed by atoms with E-state index in [0.717, 1.165) is 11.9 Å². The van der Waals surface area contributed by atoms with Crippen LogP contribution in [0.2, 0.25) is 0 Å². The molecule has 8 aromatic rings. The van der Waals surface area contributed by atoms with Crippen LogP contribution in [0, 0.1) is 5.41 Å². The summed E-state index contributed by atoms with van der Waals surface area (Å²) in [5, 5.41) is 8.95. The average Bonchev–Trinajstić information content (AvgIpc) is 3.27. The SMILES string of the molecule is CC(C)(C)Cc1c2ccccc2cc2c3nccc4ccc5c6c(-c7ccccc7)cccc6n(c12)c5c43. The predicted molar refractivity (Wildman–Crippen MR) is 163 cm³/mol. The smallest absolute Gasteiger partial charge is 0.0823 e. The Balaban J connectivity index is 1.72. The molecule has 0 N–H and O–H groups in total. The van der Waals surface area contributed by atoms with Gasteiger partial charge in [0.1, 0.15) is 0 Å². The van der Waals surface area contributed by atoms with Crippen molar-refractivity contribution in [2.24, 2.45) is 5.41 Å². The van der Waals surface area contributed by atoms with Crippen molar-refractivity contribution in [3.05, 3.63) is 109 Å². The number of hydrogen-bond donors (Lipinski definition) is 0. The van der Waals surface area contributed by atoms with Crippen LogP contribution in [0.4, 0.5) is 0 Å². The third-order valence-corrected chi connectivity index (χ3v) is 8.08. The molecule has 0 unspecified atom stereocenters. The maximum atomic E-state index is 5.04. The van der Waals surface area contributed by atoms with Gasteiger partial charge in [0, 0.05) is 27.7 Å². The first-order valence-electron chi connectivity index (χ1n) is 13.5. The van der Waals surface area contributed by atoms with Crippen molar-refractivity contribution in [3.8, 4) is 11.1 Å². The minimum Gasteiger partial charge on any atom is -0.308 e. The van der Waals surface area contributed by atoms with Crippen LogP contribution in [0.3, 0.4) is 0 Å². The summed E-state index contributed by atoms with van der Waals surface area (Å²) in [4.78, 5) is 5.04. The zero-order chi connectivity index (χ0) is 25.6. The Labute approximate surface area is 221 Å². The van der Waals surface area contributed by atoms with Crippen molar-refractivity contribution in [2.75, 3.05) is 0 Å². The molecule has 0 saturated heterocycles. The largest absolute Gasteiger partial charge is 0.308 e. The molecule has 3 aromatic heterocycles. The van der Waals surface area contributed by atoms with E-state index in [1.54, 1.807) is 0 Å². The molecule has 182 valence electrons. The fraction of sp³-hybridized carbons (Fsp3) is 0.139. The Kier molecular flexibility index (Phi) is 4.30. The van der Waals surface area contributed by atoms with E-state index in [9.17, 15) is 0 Å². The molecule has 0 aliphatic rings. The van der Waals surface area contributed by atoms with Crippen LogP contribution in [0.15, 0.2) is 103 Å². The molecule has 2 nitrogen and oxygen atoms in total. The first kappa shape index (κ1) is 21.6. The van der Waals surface area contributed by atoms with E-state index in [-0.39, 0.29) is 5.41 Å². The van der Waals surface area contributed by atoms with E-state index < -0.39 is 0 Å². The lowest BCUT2D eigenvalue weighted by Crippen LogP contribution is -2.11. The molecular formula is C36H28N2. The monoisotopic (exact) mass is 488 g/mol. The molecule has 0 fully saturated rings. The quantitative estimate of drug-likeness (QED) is 0.175. The lowest BCUT2D eigenvalue weighted by Gasteiger charge is -2.23. The van der Waals surface area contributed by atoms with Gasteiger partial charge in [-0.1, -0.05) is 99.6 Å². The summed E-state index contributed by atoms with van der Waals surface area (Å²) in [6.45, 7) is 7.02. The van der Waals surface area contributed by atoms with Gasteiger partial charge in [-0.2, -0.15) is 0 Å². The Hall–Kier alpha value is -4.43. The summed E-state index contributed by atoms with van der Waals surface area (Å²) in [5.74, 6) is 0. The Morgan fingerprint density at radius 3 is 2.32 bits per heavy atom. The Morgan fingerprint density at radius 1 is 0.658 bits per heavy atom. The van der Waals surface area contributed by atoms with Gasteiger partial charge in [0.05, 0.1) is 22.1 Å². The summed E-state index contributed by atoms with van der Waals surface area (Å²) < 4.78 is 2.57. The van der Waals surface area contributed by atoms with Crippen molar-refractivity contribution in [1.82, 2.24) is 9.38 Å². The highest BCUT2D eigenvalue weighted by Crippen LogP contribution is 2.45. The summed E-state index contributed by atoms with van der Waals surface area (Å²) >= 11 is 0. The van der Waals surface area contributed by atoms with Gasteiger partial charge in [-0.15, -0.1) is 0 Å². The predicted octanol–water partition coefficient (Wildman–Crippen LogP) is 9.79. The van der Waals surface area contributed by atoms with Crippen LogP contribution >= 0.6 is 0 Å². The number of rotatable bonds is 2. The second kappa shape index (κ2) is 7.55. The average molecular weight is 489 g/mol. The molecule has 3 heterocycles. The van der Waals surface area contributed by atoms with Gasteiger partial charge in [0.15, 0.2) is 0 Å². The van der Waals surface area contributed by atoms with Crippen LogP contribution in [0.5, 0.6) is 0 Å². The fourth-order valence-corrected chi connectivity index (χ4v) is 6.67. The fourth-order valence-electron chi connectivity index (χ4n) is 6.67. The molecule has 0 aliphatic heterocycles. The third kappa shape index (κ3) is 2.92. The molecule has 2 heteroatoms. The molecule has 0 bridgehead atoms. The minimum absolute atomic E-state index is 0.131. The topological polar surface area (TPSA) is 17.3 Å². The molecule has 0 amide bonds. The second-order valence-corrected chi connectivity index (χ2v) is 11.8. The minimum atomic E-state index is 0.131. The summed E-state index contributed by atoms with van der Waals surface area (Å²) in [6.07, 6.45) is 2.95. The van der Waals surface area contributed by atoms with Gasteiger partial charge < -0.3 is 4.40 Å². The zero-order valence-electron chi connectivity index (χ0n) is 21.9. The van der Waals surface area contributed by atoms with Crippen molar-refractivity contribution < 1.29 is 0 Å². The number of hydrogen-bond acceptors (Lipinski definition) is 1. The van der Waals surface area contributed by atoms with Gasteiger partial charge in [0.2, 0.25) is 0 Å². The zero-order valence-corrected chi connectivity index (χ0v) is 21.9. The standard InChI is InChI=1S/C36H28N2/c1-36(2,3)21-29-25-13-8-7-12-24(25)20-28-33-31-23(18-19-37-33)16-17-27-32-26(22-10-5-4-6-11-22)14-9-15-30(32)38(34(28)29)35(27)31/h4-20H,21H2,1-3H3. The van der Waals surface area contributed by atoms with Gasteiger partial charge in [-0.25, -0.2) is 0 Å². The summed E-state index contributed by atoms with van der Waals surface area (Å²) in [7, 11) is 0. The highest BCUT2D eigenvalue weighted by atomic mass is 14.9. The number of fused-ring (bicyclic) bond motifs is 7. The third-order valence-electron chi connectivity index (χ3n) is 8.08. The van der Waals surface area contributed by atoms with Gasteiger partial charge in [-0.05, 0) is 62.9 Å². The lowest BCUT2D eigenvalue weighted by atomic mass is 9.84. The molecule has 0 saturated carbocycles. The number of aromatic nitrogens is 2. The van der Waals surface area contributed by atoms with Crippen molar-refractivity contribution >= 4 is 59.8 Å². The second-order valence-electron chi connectivity index (χ2n) is 11.8. The lowest BCUT2D eigenvalue weighted by molar-refractivity contribution is 0.413. The first-order chi connectivity index (χ1) is 18.5. The number of pyridine rings is 2. The molecule has 0 aliphatic carbocycles. The molecule has 0 spiro atoms. The van der Waals surface area contributed by atoms with E-state index in [1.165, 1.54) is 70.9 Å². The highest BCUT2D eigenvalue weighted by molar-refractivity contribution is 6.30. The van der Waals surface area contributed by atoms with E-state index in [0.29, 0.717) is 0 Å². The molecule has 8 rings (SSSR count). The number of nitrogens with zero attached hydrogens (tertiary/aromatic N) is 2. The Morgan fingerprint density at radius 2 is 1.47 bits per heavy atom. The molecule has 0 radical (unpaired) electrons. The van der Waals surface area contributed by atoms with Crippen LogP contribution in [-0.4, -0.2) is 9.38 Å². The van der Waals surface area contributed by atoms with Gasteiger partial charge in [0.25, 0.3) is 0 Å². The van der Waals surface area contributed by atoms with Crippen LogP contribution in [0.1, 0.15) is 26.3 Å². The van der Waals surface area contributed by atoms with E-state index in [2.05, 4.69) is 122 Å². The van der Waals surface area contributed by atoms with Gasteiger partial charge >= 0.3 is 0 Å². The van der Waals surface area contributed by atoms with E-state index in [1.807, 2.05) is 6.20 Å². The molecule has 0 atom stereocenters. The van der Waals surface area contributed by atoms with E-state index in [4.69, 9.17) is 4.98 Å². The van der Waals surface area contributed by atoms with Crippen molar-refractivity contribution in [3.63, 3.8) is 0 Å². The van der Waals surface area contributed by atoms with E-state index >= 15 is 0 Å². The van der Waals surface area contributed by atoms with Crippen LogP contribution in [0.25, 0.3) is 70.9 Å². The van der Waals surface area contributed by atoms with Gasteiger partial charge in [-0.3, -0.25) is 4.98 Å². The van der Waals surface area contributed by atoms with Crippen molar-refractivity contribution in [2.45, 2.75) is 27.2 Å². The summed E-state index contributed by atoms with van der Waals surface area (Å²) in [6, 6.07) is 35.6. The normalized spacial score (nSPS) is 12.7.